The van der Waals surface area contributed by atoms with Crippen LogP contribution in [0.4, 0.5) is 13.2 Å². The highest BCUT2D eigenvalue weighted by Crippen LogP contribution is 2.43. The monoisotopic (exact) mass is 330 g/mol. The smallest absolute Gasteiger partial charge is 0.302 e. The van der Waals surface area contributed by atoms with Gasteiger partial charge in [-0.3, -0.25) is 13.2 Å². The summed E-state index contributed by atoms with van der Waals surface area (Å²) in [6.45, 7) is -1.20. The molecular weight excluding hydrogens is 316 g/mol. The van der Waals surface area contributed by atoms with Crippen molar-refractivity contribution < 1.29 is 44.3 Å². The summed E-state index contributed by atoms with van der Waals surface area (Å²) in [7, 11) is -8.88. The van der Waals surface area contributed by atoms with E-state index >= 15 is 0 Å². The lowest BCUT2D eigenvalue weighted by Gasteiger charge is -2.12. The maximum absolute atomic E-state index is 11.7. The molecule has 0 aliphatic heterocycles. The Morgan fingerprint density at radius 1 is 1.21 bits per heavy atom. The molecular formula is C7H14F3O7PS. The van der Waals surface area contributed by atoms with Crippen molar-refractivity contribution in [3.05, 3.63) is 0 Å². The van der Waals surface area contributed by atoms with E-state index < -0.39 is 43.1 Å². The van der Waals surface area contributed by atoms with E-state index in [0.717, 1.165) is 0 Å². The van der Waals surface area contributed by atoms with Crippen molar-refractivity contribution in [2.75, 3.05) is 25.6 Å². The van der Waals surface area contributed by atoms with E-state index in [1.54, 1.807) is 6.92 Å². The van der Waals surface area contributed by atoms with Crippen LogP contribution in [-0.2, 0) is 27.9 Å². The highest BCUT2D eigenvalue weighted by molar-refractivity contribution is 7.86. The minimum Gasteiger partial charge on any atom is -0.302 e. The lowest BCUT2D eigenvalue weighted by atomic mass is 10.5. The first-order valence-corrected chi connectivity index (χ1v) is 8.10. The zero-order chi connectivity index (χ0) is 15.2. The van der Waals surface area contributed by atoms with Gasteiger partial charge in [0, 0.05) is 0 Å². The van der Waals surface area contributed by atoms with Gasteiger partial charge in [-0.25, -0.2) is 4.57 Å². The molecule has 0 fully saturated rings. The molecule has 0 aromatic rings. The Balaban J connectivity index is 4.09. The fraction of sp³-hybridized carbons (Fsp3) is 1.00. The molecule has 0 rings (SSSR count). The predicted octanol–water partition coefficient (Wildman–Crippen LogP) is 1.44. The molecule has 0 aromatic carbocycles. The number of phosphoric acid groups is 1. The van der Waals surface area contributed by atoms with Crippen LogP contribution in [0.25, 0.3) is 0 Å². The molecule has 0 amide bonds. The molecule has 116 valence electrons. The van der Waals surface area contributed by atoms with Gasteiger partial charge in [0.15, 0.2) is 6.61 Å². The molecule has 0 radical (unpaired) electrons. The molecule has 0 aromatic heterocycles. The number of phosphoric ester groups is 1. The molecule has 0 saturated carbocycles. The SMILES string of the molecule is CCCOP(=O)(O)OCCS(=O)(=O)OCC(F)(F)F. The quantitative estimate of drug-likeness (QED) is 0.504. The van der Waals surface area contributed by atoms with E-state index in [2.05, 4.69) is 13.2 Å². The molecule has 0 saturated heterocycles. The van der Waals surface area contributed by atoms with E-state index in [1.807, 2.05) is 0 Å². The van der Waals surface area contributed by atoms with Crippen molar-refractivity contribution in [3.63, 3.8) is 0 Å². The van der Waals surface area contributed by atoms with Crippen LogP contribution in [0.2, 0.25) is 0 Å². The Kier molecular flexibility index (Phi) is 7.48. The first-order valence-electron chi connectivity index (χ1n) is 5.03. The molecule has 1 atom stereocenters. The average Bonchev–Trinajstić information content (AvgIpc) is 2.22. The van der Waals surface area contributed by atoms with Gasteiger partial charge in [0.1, 0.15) is 0 Å². The topological polar surface area (TPSA) is 99.1 Å². The van der Waals surface area contributed by atoms with Gasteiger partial charge in [0.2, 0.25) is 0 Å². The molecule has 7 nitrogen and oxygen atoms in total. The van der Waals surface area contributed by atoms with Crippen molar-refractivity contribution in [2.24, 2.45) is 0 Å². The van der Waals surface area contributed by atoms with Crippen LogP contribution in [0.5, 0.6) is 0 Å². The van der Waals surface area contributed by atoms with Crippen LogP contribution in [-0.4, -0.2) is 45.1 Å². The van der Waals surface area contributed by atoms with Crippen LogP contribution in [0.1, 0.15) is 13.3 Å². The van der Waals surface area contributed by atoms with Crippen molar-refractivity contribution in [1.82, 2.24) is 0 Å². The zero-order valence-corrected chi connectivity index (χ0v) is 11.6. The second-order valence-electron chi connectivity index (χ2n) is 3.27. The van der Waals surface area contributed by atoms with Crippen LogP contribution in [0.15, 0.2) is 0 Å². The lowest BCUT2D eigenvalue weighted by molar-refractivity contribution is -0.152. The third-order valence-electron chi connectivity index (χ3n) is 1.45. The molecule has 0 bridgehead atoms. The third-order valence-corrected chi connectivity index (χ3v) is 3.61. The van der Waals surface area contributed by atoms with E-state index in [-0.39, 0.29) is 6.61 Å². The second kappa shape index (κ2) is 7.55. The molecule has 19 heavy (non-hydrogen) atoms. The average molecular weight is 330 g/mol. The molecule has 1 N–H and O–H groups in total. The van der Waals surface area contributed by atoms with Crippen LogP contribution in [0, 0.1) is 0 Å². The Bertz CT molecular complexity index is 407. The Morgan fingerprint density at radius 3 is 2.21 bits per heavy atom. The summed E-state index contributed by atoms with van der Waals surface area (Å²) in [6.07, 6.45) is -4.36. The number of hydrogen-bond acceptors (Lipinski definition) is 6. The second-order valence-corrected chi connectivity index (χ2v) is 6.49. The van der Waals surface area contributed by atoms with Crippen LogP contribution < -0.4 is 0 Å². The summed E-state index contributed by atoms with van der Waals surface area (Å²) in [5, 5.41) is 0. The fourth-order valence-electron chi connectivity index (χ4n) is 0.714. The summed E-state index contributed by atoms with van der Waals surface area (Å²) < 4.78 is 80.4. The fourth-order valence-corrected chi connectivity index (χ4v) is 2.37. The minimum absolute atomic E-state index is 0.0783. The van der Waals surface area contributed by atoms with Crippen molar-refractivity contribution in [3.8, 4) is 0 Å². The Morgan fingerprint density at radius 2 is 1.74 bits per heavy atom. The number of halogens is 3. The van der Waals surface area contributed by atoms with Crippen LogP contribution in [0.3, 0.4) is 0 Å². The standard InChI is InChI=1S/C7H14F3O7PS/c1-2-3-15-18(11,12)16-4-5-19(13,14)17-6-7(8,9)10/h2-6H2,1H3,(H,11,12). The molecule has 12 heteroatoms. The van der Waals surface area contributed by atoms with Crippen molar-refractivity contribution in [1.29, 1.82) is 0 Å². The zero-order valence-electron chi connectivity index (χ0n) is 9.92. The van der Waals surface area contributed by atoms with Crippen LogP contribution >= 0.6 is 7.82 Å². The van der Waals surface area contributed by atoms with E-state index in [4.69, 9.17) is 4.89 Å². The molecule has 1 unspecified atom stereocenters. The first kappa shape index (κ1) is 18.8. The summed E-state index contributed by atoms with van der Waals surface area (Å²) in [5.41, 5.74) is 0. The van der Waals surface area contributed by atoms with E-state index in [0.29, 0.717) is 6.42 Å². The summed E-state index contributed by atoms with van der Waals surface area (Å²) >= 11 is 0. The predicted molar refractivity (Wildman–Crippen MR) is 57.8 cm³/mol. The third kappa shape index (κ3) is 11.3. The summed E-state index contributed by atoms with van der Waals surface area (Å²) in [4.78, 5) is 9.00. The van der Waals surface area contributed by atoms with E-state index in [9.17, 15) is 26.2 Å². The van der Waals surface area contributed by atoms with Crippen molar-refractivity contribution in [2.45, 2.75) is 19.5 Å². The first-order chi connectivity index (χ1) is 8.47. The van der Waals surface area contributed by atoms with Gasteiger partial charge in [-0.1, -0.05) is 6.92 Å². The Labute approximate surface area is 108 Å². The summed E-state index contributed by atoms with van der Waals surface area (Å²) in [6, 6.07) is 0. The maximum Gasteiger partial charge on any atom is 0.472 e. The molecule has 0 aliphatic rings. The van der Waals surface area contributed by atoms with Crippen molar-refractivity contribution >= 4 is 17.9 Å². The molecule has 0 heterocycles. The number of alkyl halides is 3. The van der Waals surface area contributed by atoms with Gasteiger partial charge in [-0.15, -0.1) is 0 Å². The molecule has 0 spiro atoms. The van der Waals surface area contributed by atoms with Gasteiger partial charge in [-0.2, -0.15) is 21.6 Å². The van der Waals surface area contributed by atoms with Gasteiger partial charge >= 0.3 is 14.0 Å². The van der Waals surface area contributed by atoms with E-state index in [1.165, 1.54) is 0 Å². The number of hydrogen-bond donors (Lipinski definition) is 1. The minimum atomic E-state index is -4.79. The highest BCUT2D eigenvalue weighted by Gasteiger charge is 2.31. The van der Waals surface area contributed by atoms with Gasteiger partial charge < -0.3 is 4.89 Å². The highest BCUT2D eigenvalue weighted by atomic mass is 32.2. The molecule has 0 aliphatic carbocycles. The maximum atomic E-state index is 11.7. The van der Waals surface area contributed by atoms with Gasteiger partial charge in [-0.05, 0) is 6.42 Å². The summed E-state index contributed by atoms with van der Waals surface area (Å²) in [5.74, 6) is -0.997. The number of rotatable bonds is 9. The lowest BCUT2D eigenvalue weighted by Crippen LogP contribution is -2.23. The Hall–Kier alpha value is -0.190. The van der Waals surface area contributed by atoms with Gasteiger partial charge in [0.05, 0.1) is 19.0 Å². The largest absolute Gasteiger partial charge is 0.472 e. The normalized spacial score (nSPS) is 16.3. The van der Waals surface area contributed by atoms with Gasteiger partial charge in [0.25, 0.3) is 10.1 Å².